The van der Waals surface area contributed by atoms with Crippen molar-refractivity contribution in [1.29, 1.82) is 0 Å². The zero-order valence-corrected chi connectivity index (χ0v) is 10.4. The number of hydrogen-bond acceptors (Lipinski definition) is 4. The summed E-state index contributed by atoms with van der Waals surface area (Å²) >= 11 is 0. The molecule has 2 atom stereocenters. The van der Waals surface area contributed by atoms with Gasteiger partial charge in [0.25, 0.3) is 0 Å². The Labute approximate surface area is 101 Å². The van der Waals surface area contributed by atoms with Crippen molar-refractivity contribution < 1.29 is 14.6 Å². The average molecular weight is 237 g/mol. The molecule has 0 aromatic heterocycles. The molecule has 0 bridgehead atoms. The number of aryl methyl sites for hydroxylation is 2. The minimum Gasteiger partial charge on any atom is -0.465 e. The Kier molecular flexibility index (Phi) is 4.66. The second kappa shape index (κ2) is 5.80. The van der Waals surface area contributed by atoms with Crippen LogP contribution in [0.2, 0.25) is 0 Å². The molecule has 0 amide bonds. The van der Waals surface area contributed by atoms with Crippen molar-refractivity contribution in [2.45, 2.75) is 32.9 Å². The third kappa shape index (κ3) is 3.54. The third-order valence-electron chi connectivity index (χ3n) is 2.48. The second-order valence-electron chi connectivity index (χ2n) is 4.14. The van der Waals surface area contributed by atoms with Gasteiger partial charge in [-0.3, -0.25) is 4.79 Å². The average Bonchev–Trinajstić information content (AvgIpc) is 2.26. The zero-order valence-electron chi connectivity index (χ0n) is 10.4. The van der Waals surface area contributed by atoms with Crippen LogP contribution in [0.5, 0.6) is 0 Å². The summed E-state index contributed by atoms with van der Waals surface area (Å²) in [6.45, 7) is 5.82. The van der Waals surface area contributed by atoms with Crippen LogP contribution in [0.25, 0.3) is 0 Å². The maximum absolute atomic E-state index is 11.4. The number of esters is 1. The van der Waals surface area contributed by atoms with E-state index >= 15 is 0 Å². The first kappa shape index (κ1) is 13.7. The van der Waals surface area contributed by atoms with Crippen LogP contribution >= 0.6 is 0 Å². The topological polar surface area (TPSA) is 72.5 Å². The predicted molar refractivity (Wildman–Crippen MR) is 65.5 cm³/mol. The van der Waals surface area contributed by atoms with Gasteiger partial charge in [-0.1, -0.05) is 29.3 Å². The number of nitrogens with two attached hydrogens (primary N) is 1. The molecule has 3 N–H and O–H groups in total. The van der Waals surface area contributed by atoms with Crippen molar-refractivity contribution in [2.75, 3.05) is 6.61 Å². The molecule has 0 aliphatic heterocycles. The van der Waals surface area contributed by atoms with Gasteiger partial charge in [-0.05, 0) is 26.3 Å². The summed E-state index contributed by atoms with van der Waals surface area (Å²) in [4.78, 5) is 11.4. The molecular formula is C13H19NO3. The summed E-state index contributed by atoms with van der Waals surface area (Å²) in [5.41, 5.74) is 8.34. The number of aliphatic hydroxyl groups excluding tert-OH is 1. The van der Waals surface area contributed by atoms with Gasteiger partial charge in [0.1, 0.15) is 12.1 Å². The van der Waals surface area contributed by atoms with Gasteiger partial charge in [0.15, 0.2) is 0 Å². The Bertz CT molecular complexity index is 383. The van der Waals surface area contributed by atoms with Gasteiger partial charge in [0.05, 0.1) is 6.61 Å². The van der Waals surface area contributed by atoms with Gasteiger partial charge in [-0.25, -0.2) is 0 Å². The Morgan fingerprint density at radius 2 is 1.88 bits per heavy atom. The number of benzene rings is 1. The fourth-order valence-electron chi connectivity index (χ4n) is 1.76. The third-order valence-corrected chi connectivity index (χ3v) is 2.48. The van der Waals surface area contributed by atoms with E-state index in [2.05, 4.69) is 0 Å². The lowest BCUT2D eigenvalue weighted by Gasteiger charge is -2.18. The highest BCUT2D eigenvalue weighted by Crippen LogP contribution is 2.19. The SMILES string of the molecule is CCOC(=O)C(N)C(O)c1cc(C)cc(C)c1. The lowest BCUT2D eigenvalue weighted by molar-refractivity contribution is -0.147. The highest BCUT2D eigenvalue weighted by molar-refractivity contribution is 5.76. The van der Waals surface area contributed by atoms with E-state index in [0.717, 1.165) is 11.1 Å². The summed E-state index contributed by atoms with van der Waals surface area (Å²) in [6, 6.07) is 4.58. The minimum absolute atomic E-state index is 0.256. The van der Waals surface area contributed by atoms with E-state index in [1.807, 2.05) is 32.0 Å². The maximum Gasteiger partial charge on any atom is 0.325 e. The quantitative estimate of drug-likeness (QED) is 0.772. The van der Waals surface area contributed by atoms with Crippen molar-refractivity contribution in [3.8, 4) is 0 Å². The highest BCUT2D eigenvalue weighted by Gasteiger charge is 2.25. The monoisotopic (exact) mass is 237 g/mol. The molecule has 2 unspecified atom stereocenters. The molecular weight excluding hydrogens is 218 g/mol. The Balaban J connectivity index is 2.87. The molecule has 1 rings (SSSR count). The molecule has 0 saturated heterocycles. The molecule has 17 heavy (non-hydrogen) atoms. The van der Waals surface area contributed by atoms with Crippen LogP contribution in [-0.4, -0.2) is 23.7 Å². The van der Waals surface area contributed by atoms with E-state index in [9.17, 15) is 9.90 Å². The van der Waals surface area contributed by atoms with Crippen LogP contribution in [0, 0.1) is 13.8 Å². The lowest BCUT2D eigenvalue weighted by Crippen LogP contribution is -2.38. The summed E-state index contributed by atoms with van der Waals surface area (Å²) in [6.07, 6.45) is -1.03. The number of aliphatic hydroxyl groups is 1. The van der Waals surface area contributed by atoms with E-state index in [1.165, 1.54) is 0 Å². The molecule has 1 aromatic rings. The molecule has 0 spiro atoms. The Hall–Kier alpha value is -1.39. The van der Waals surface area contributed by atoms with Crippen molar-refractivity contribution >= 4 is 5.97 Å². The van der Waals surface area contributed by atoms with E-state index < -0.39 is 18.1 Å². The van der Waals surface area contributed by atoms with Crippen LogP contribution < -0.4 is 5.73 Å². The maximum atomic E-state index is 11.4. The van der Waals surface area contributed by atoms with Crippen molar-refractivity contribution in [2.24, 2.45) is 5.73 Å². The van der Waals surface area contributed by atoms with Crippen LogP contribution in [0.3, 0.4) is 0 Å². The van der Waals surface area contributed by atoms with Crippen LogP contribution in [0.4, 0.5) is 0 Å². The molecule has 4 nitrogen and oxygen atoms in total. The Morgan fingerprint density at radius 1 is 1.35 bits per heavy atom. The van der Waals surface area contributed by atoms with Crippen molar-refractivity contribution in [3.63, 3.8) is 0 Å². The normalized spacial score (nSPS) is 14.2. The number of hydrogen-bond donors (Lipinski definition) is 2. The van der Waals surface area contributed by atoms with Gasteiger partial charge >= 0.3 is 5.97 Å². The smallest absolute Gasteiger partial charge is 0.325 e. The number of carbonyl (C=O) groups excluding carboxylic acids is 1. The van der Waals surface area contributed by atoms with E-state index in [4.69, 9.17) is 10.5 Å². The van der Waals surface area contributed by atoms with Gasteiger partial charge in [0.2, 0.25) is 0 Å². The van der Waals surface area contributed by atoms with Crippen molar-refractivity contribution in [3.05, 3.63) is 34.9 Å². The number of rotatable bonds is 4. The largest absolute Gasteiger partial charge is 0.465 e. The van der Waals surface area contributed by atoms with Crippen LogP contribution in [0.1, 0.15) is 29.7 Å². The van der Waals surface area contributed by atoms with Crippen molar-refractivity contribution in [1.82, 2.24) is 0 Å². The van der Waals surface area contributed by atoms with E-state index in [0.29, 0.717) is 5.56 Å². The molecule has 4 heteroatoms. The van der Waals surface area contributed by atoms with Crippen LogP contribution in [-0.2, 0) is 9.53 Å². The van der Waals surface area contributed by atoms with E-state index in [-0.39, 0.29) is 6.61 Å². The summed E-state index contributed by atoms with van der Waals surface area (Å²) in [7, 11) is 0. The molecule has 1 aromatic carbocycles. The molecule has 0 heterocycles. The van der Waals surface area contributed by atoms with Crippen LogP contribution in [0.15, 0.2) is 18.2 Å². The first-order valence-corrected chi connectivity index (χ1v) is 5.64. The molecule has 0 saturated carbocycles. The minimum atomic E-state index is -1.05. The van der Waals surface area contributed by atoms with Gasteiger partial charge in [-0.15, -0.1) is 0 Å². The standard InChI is InChI=1S/C13H19NO3/c1-4-17-13(16)11(14)12(15)10-6-8(2)5-9(3)7-10/h5-7,11-12,15H,4,14H2,1-3H3. The fraction of sp³-hybridized carbons (Fsp3) is 0.462. The molecule has 0 fully saturated rings. The number of ether oxygens (including phenoxy) is 1. The highest BCUT2D eigenvalue weighted by atomic mass is 16.5. The second-order valence-corrected chi connectivity index (χ2v) is 4.14. The predicted octanol–water partition coefficient (Wildman–Crippen LogP) is 1.23. The van der Waals surface area contributed by atoms with Gasteiger partial charge in [-0.2, -0.15) is 0 Å². The molecule has 0 aliphatic rings. The zero-order chi connectivity index (χ0) is 13.0. The molecule has 0 radical (unpaired) electrons. The molecule has 94 valence electrons. The summed E-state index contributed by atoms with van der Waals surface area (Å²) < 4.78 is 4.78. The first-order chi connectivity index (χ1) is 7.95. The summed E-state index contributed by atoms with van der Waals surface area (Å²) in [5.74, 6) is -0.584. The fourth-order valence-corrected chi connectivity index (χ4v) is 1.76. The first-order valence-electron chi connectivity index (χ1n) is 5.64. The van der Waals surface area contributed by atoms with E-state index in [1.54, 1.807) is 6.92 Å². The van der Waals surface area contributed by atoms with Gasteiger partial charge < -0.3 is 15.6 Å². The number of carbonyl (C=O) groups is 1. The summed E-state index contributed by atoms with van der Waals surface area (Å²) in [5, 5.41) is 10.0. The van der Waals surface area contributed by atoms with Gasteiger partial charge in [0, 0.05) is 0 Å². The Morgan fingerprint density at radius 3 is 2.35 bits per heavy atom. The lowest BCUT2D eigenvalue weighted by atomic mass is 9.99. The molecule has 0 aliphatic carbocycles.